The Morgan fingerprint density at radius 3 is 2.33 bits per heavy atom. The second-order valence-corrected chi connectivity index (χ2v) is 7.85. The highest BCUT2D eigenvalue weighted by Crippen LogP contribution is 2.39. The molecule has 4 nitrogen and oxygen atoms in total. The minimum Gasteiger partial charge on any atom is -0.396 e. The maximum atomic E-state index is 13.3. The molecule has 0 unspecified atom stereocenters. The normalized spacial score (nSPS) is 14.5. The topological polar surface area (TPSA) is 57.6 Å². The van der Waals surface area contributed by atoms with Crippen LogP contribution in [0.25, 0.3) is 5.57 Å². The monoisotopic (exact) mass is 381 g/mol. The Labute approximate surface area is 163 Å². The van der Waals surface area contributed by atoms with Gasteiger partial charge in [0.1, 0.15) is 0 Å². The summed E-state index contributed by atoms with van der Waals surface area (Å²) in [7, 11) is 0. The zero-order valence-corrected chi connectivity index (χ0v) is 16.8. The van der Waals surface area contributed by atoms with E-state index in [9.17, 15) is 14.7 Å². The van der Waals surface area contributed by atoms with Crippen LogP contribution in [0, 0.1) is 27.7 Å². The molecule has 0 bridgehead atoms. The van der Waals surface area contributed by atoms with E-state index in [0.717, 1.165) is 27.8 Å². The SMILES string of the molecule is Cc1ccc(C2=C(SCCO)C(=O)N(c3cccc(C)c3C)C2=O)cc1C. The van der Waals surface area contributed by atoms with Crippen molar-refractivity contribution in [3.8, 4) is 0 Å². The van der Waals surface area contributed by atoms with Crippen molar-refractivity contribution in [2.45, 2.75) is 27.7 Å². The van der Waals surface area contributed by atoms with Crippen LogP contribution in [0.2, 0.25) is 0 Å². The molecule has 2 aromatic rings. The zero-order chi connectivity index (χ0) is 19.7. The number of nitrogens with zero attached hydrogens (tertiary/aromatic N) is 1. The summed E-state index contributed by atoms with van der Waals surface area (Å²) in [5.74, 6) is -0.263. The molecule has 0 spiro atoms. The van der Waals surface area contributed by atoms with Crippen LogP contribution in [0.4, 0.5) is 5.69 Å². The lowest BCUT2D eigenvalue weighted by Crippen LogP contribution is -2.32. The van der Waals surface area contributed by atoms with Crippen LogP contribution in [-0.2, 0) is 9.59 Å². The number of carbonyl (C=O) groups is 2. The number of aryl methyl sites for hydroxylation is 3. The third-order valence-electron chi connectivity index (χ3n) is 4.99. The molecule has 0 aromatic heterocycles. The van der Waals surface area contributed by atoms with E-state index in [1.165, 1.54) is 16.7 Å². The van der Waals surface area contributed by atoms with E-state index in [-0.39, 0.29) is 18.4 Å². The van der Waals surface area contributed by atoms with Crippen LogP contribution in [-0.4, -0.2) is 29.3 Å². The van der Waals surface area contributed by atoms with Crippen LogP contribution >= 0.6 is 11.8 Å². The number of imide groups is 1. The van der Waals surface area contributed by atoms with Gasteiger partial charge >= 0.3 is 0 Å². The van der Waals surface area contributed by atoms with Crippen molar-refractivity contribution in [3.63, 3.8) is 0 Å². The minimum absolute atomic E-state index is 0.0562. The number of rotatable bonds is 5. The van der Waals surface area contributed by atoms with E-state index in [4.69, 9.17) is 0 Å². The van der Waals surface area contributed by atoms with Crippen molar-refractivity contribution >= 4 is 34.8 Å². The fraction of sp³-hybridized carbons (Fsp3) is 0.273. The molecule has 0 aliphatic carbocycles. The average molecular weight is 381 g/mol. The van der Waals surface area contributed by atoms with Gasteiger partial charge in [0.25, 0.3) is 11.8 Å². The van der Waals surface area contributed by atoms with Crippen molar-refractivity contribution in [2.24, 2.45) is 0 Å². The largest absolute Gasteiger partial charge is 0.396 e. The van der Waals surface area contributed by atoms with Gasteiger partial charge in [-0.2, -0.15) is 0 Å². The predicted octanol–water partition coefficient (Wildman–Crippen LogP) is 3.93. The molecule has 0 fully saturated rings. The van der Waals surface area contributed by atoms with Gasteiger partial charge in [-0.15, -0.1) is 11.8 Å². The number of hydrogen-bond acceptors (Lipinski definition) is 4. The molecule has 0 saturated heterocycles. The first-order chi connectivity index (χ1) is 12.9. The molecule has 140 valence electrons. The summed E-state index contributed by atoms with van der Waals surface area (Å²) in [5, 5.41) is 9.23. The third kappa shape index (κ3) is 3.45. The van der Waals surface area contributed by atoms with E-state index in [1.807, 2.05) is 58.0 Å². The van der Waals surface area contributed by atoms with Gasteiger partial charge in [-0.1, -0.05) is 30.3 Å². The highest BCUT2D eigenvalue weighted by atomic mass is 32.2. The molecular weight excluding hydrogens is 358 g/mol. The summed E-state index contributed by atoms with van der Waals surface area (Å²) >= 11 is 1.23. The highest BCUT2D eigenvalue weighted by molar-refractivity contribution is 8.04. The van der Waals surface area contributed by atoms with Gasteiger partial charge in [-0.05, 0) is 61.6 Å². The second-order valence-electron chi connectivity index (χ2n) is 6.74. The van der Waals surface area contributed by atoms with Gasteiger partial charge in [-0.3, -0.25) is 9.59 Å². The Morgan fingerprint density at radius 2 is 1.67 bits per heavy atom. The molecule has 0 saturated carbocycles. The lowest BCUT2D eigenvalue weighted by molar-refractivity contribution is -0.119. The van der Waals surface area contributed by atoms with Crippen molar-refractivity contribution in [3.05, 3.63) is 69.1 Å². The van der Waals surface area contributed by atoms with Gasteiger partial charge in [0, 0.05) is 5.75 Å². The molecule has 1 heterocycles. The van der Waals surface area contributed by atoms with Gasteiger partial charge in [0.05, 0.1) is 22.8 Å². The highest BCUT2D eigenvalue weighted by Gasteiger charge is 2.40. The van der Waals surface area contributed by atoms with Crippen LogP contribution in [0.15, 0.2) is 41.3 Å². The van der Waals surface area contributed by atoms with Crippen LogP contribution < -0.4 is 4.90 Å². The standard InChI is InChI=1S/C22H23NO3S/c1-13-8-9-17(12-15(13)3)19-20(27-11-10-24)22(26)23(21(19)25)18-7-5-6-14(2)16(18)4/h5-9,12,24H,10-11H2,1-4H3. The van der Waals surface area contributed by atoms with Crippen LogP contribution in [0.1, 0.15) is 27.8 Å². The summed E-state index contributed by atoms with van der Waals surface area (Å²) in [6.45, 7) is 7.82. The van der Waals surface area contributed by atoms with Gasteiger partial charge in [-0.25, -0.2) is 4.90 Å². The second kappa shape index (κ2) is 7.71. The lowest BCUT2D eigenvalue weighted by atomic mass is 10.0. The molecule has 2 amide bonds. The average Bonchev–Trinajstić information content (AvgIpc) is 2.88. The Balaban J connectivity index is 2.14. The van der Waals surface area contributed by atoms with Crippen molar-refractivity contribution in [1.29, 1.82) is 0 Å². The maximum Gasteiger partial charge on any atom is 0.272 e. The van der Waals surface area contributed by atoms with E-state index in [1.54, 1.807) is 6.07 Å². The summed E-state index contributed by atoms with van der Waals surface area (Å²) in [5.41, 5.74) is 5.91. The number of thioether (sulfide) groups is 1. The Hall–Kier alpha value is -2.37. The molecule has 5 heteroatoms. The number of aliphatic hydroxyl groups is 1. The third-order valence-corrected chi connectivity index (χ3v) is 6.05. The van der Waals surface area contributed by atoms with Gasteiger partial charge in [0.15, 0.2) is 0 Å². The molecule has 0 atom stereocenters. The number of aliphatic hydroxyl groups excluding tert-OH is 1. The molecule has 3 rings (SSSR count). The van der Waals surface area contributed by atoms with Gasteiger partial charge in [0.2, 0.25) is 0 Å². The lowest BCUT2D eigenvalue weighted by Gasteiger charge is -2.19. The molecule has 1 aliphatic rings. The van der Waals surface area contributed by atoms with E-state index in [2.05, 4.69) is 0 Å². The van der Waals surface area contributed by atoms with E-state index >= 15 is 0 Å². The Morgan fingerprint density at radius 1 is 0.926 bits per heavy atom. The van der Waals surface area contributed by atoms with E-state index < -0.39 is 0 Å². The van der Waals surface area contributed by atoms with Crippen molar-refractivity contribution in [1.82, 2.24) is 0 Å². The van der Waals surface area contributed by atoms with Crippen molar-refractivity contribution < 1.29 is 14.7 Å². The first kappa shape index (κ1) is 19.4. The molecule has 1 N–H and O–H groups in total. The number of anilines is 1. The summed E-state index contributed by atoms with van der Waals surface area (Å²) in [6.07, 6.45) is 0. The number of hydrogen-bond donors (Lipinski definition) is 1. The van der Waals surface area contributed by atoms with Crippen LogP contribution in [0.3, 0.4) is 0 Å². The number of amides is 2. The summed E-state index contributed by atoms with van der Waals surface area (Å²) in [4.78, 5) is 28.2. The summed E-state index contributed by atoms with van der Waals surface area (Å²) < 4.78 is 0. The smallest absolute Gasteiger partial charge is 0.272 e. The number of carbonyl (C=O) groups excluding carboxylic acids is 2. The van der Waals surface area contributed by atoms with E-state index in [0.29, 0.717) is 21.9 Å². The van der Waals surface area contributed by atoms with Crippen molar-refractivity contribution in [2.75, 3.05) is 17.3 Å². The predicted molar refractivity (Wildman–Crippen MR) is 111 cm³/mol. The summed E-state index contributed by atoms with van der Waals surface area (Å²) in [6, 6.07) is 11.4. The molecule has 1 aliphatic heterocycles. The van der Waals surface area contributed by atoms with Crippen LogP contribution in [0.5, 0.6) is 0 Å². The molecule has 0 radical (unpaired) electrons. The molecular formula is C22H23NO3S. The zero-order valence-electron chi connectivity index (χ0n) is 16.0. The quantitative estimate of drug-likeness (QED) is 0.798. The molecule has 27 heavy (non-hydrogen) atoms. The first-order valence-electron chi connectivity index (χ1n) is 8.87. The number of benzene rings is 2. The fourth-order valence-corrected chi connectivity index (χ4v) is 4.00. The van der Waals surface area contributed by atoms with Gasteiger partial charge < -0.3 is 5.11 Å². The molecule has 2 aromatic carbocycles. The maximum absolute atomic E-state index is 13.3. The Bertz CT molecular complexity index is 962. The fourth-order valence-electron chi connectivity index (χ4n) is 3.14. The first-order valence-corrected chi connectivity index (χ1v) is 9.86. The minimum atomic E-state index is -0.319. The Kier molecular flexibility index (Phi) is 5.53.